The van der Waals surface area contributed by atoms with Crippen molar-refractivity contribution in [3.8, 4) is 28.4 Å². The lowest BCUT2D eigenvalue weighted by molar-refractivity contribution is 0.0685. The van der Waals surface area contributed by atoms with Gasteiger partial charge in [0.25, 0.3) is 5.91 Å². The first kappa shape index (κ1) is 24.5. The van der Waals surface area contributed by atoms with Crippen LogP contribution in [0.4, 0.5) is 0 Å². The summed E-state index contributed by atoms with van der Waals surface area (Å²) in [5, 5.41) is 4.82. The largest absolute Gasteiger partial charge is 0.497 e. The summed E-state index contributed by atoms with van der Waals surface area (Å²) in [6.45, 7) is 1.09. The Hall–Kier alpha value is -4.79. The van der Waals surface area contributed by atoms with E-state index in [0.29, 0.717) is 37.3 Å². The molecule has 9 nitrogen and oxygen atoms in total. The van der Waals surface area contributed by atoms with Gasteiger partial charge in [0.15, 0.2) is 0 Å². The molecule has 1 aliphatic rings. The number of imidazole rings is 1. The zero-order chi connectivity index (χ0) is 26.9. The molecular formula is C30H29N5O4. The summed E-state index contributed by atoms with van der Waals surface area (Å²) in [6, 6.07) is 24.7. The van der Waals surface area contributed by atoms with Crippen LogP contribution in [0.3, 0.4) is 0 Å². The molecule has 1 saturated heterocycles. The average Bonchev–Trinajstić information content (AvgIpc) is 3.58. The fourth-order valence-corrected chi connectivity index (χ4v) is 5.28. The van der Waals surface area contributed by atoms with E-state index >= 15 is 0 Å². The van der Waals surface area contributed by atoms with E-state index in [1.54, 1.807) is 18.9 Å². The number of aromatic nitrogens is 4. The maximum Gasteiger partial charge on any atom is 0.326 e. The van der Waals surface area contributed by atoms with Gasteiger partial charge in [0, 0.05) is 24.7 Å². The number of piperidine rings is 1. The van der Waals surface area contributed by atoms with Gasteiger partial charge >= 0.3 is 5.69 Å². The van der Waals surface area contributed by atoms with Gasteiger partial charge < -0.3 is 19.4 Å². The molecule has 6 rings (SSSR count). The van der Waals surface area contributed by atoms with E-state index in [1.165, 1.54) is 0 Å². The number of likely N-dealkylation sites (tertiary alicyclic amines) is 1. The Bertz CT molecular complexity index is 1670. The second-order valence-electron chi connectivity index (χ2n) is 9.59. The van der Waals surface area contributed by atoms with Gasteiger partial charge in [-0.3, -0.25) is 9.36 Å². The number of hydrogen-bond acceptors (Lipinski definition) is 5. The van der Waals surface area contributed by atoms with Gasteiger partial charge in [-0.25, -0.2) is 9.48 Å². The van der Waals surface area contributed by atoms with E-state index in [9.17, 15) is 9.59 Å². The lowest BCUT2D eigenvalue weighted by atomic mass is 10.0. The Labute approximate surface area is 225 Å². The van der Waals surface area contributed by atoms with Gasteiger partial charge in [0.05, 0.1) is 36.6 Å². The number of benzene rings is 3. The molecule has 1 fully saturated rings. The van der Waals surface area contributed by atoms with Gasteiger partial charge in [-0.1, -0.05) is 12.1 Å². The Kier molecular flexibility index (Phi) is 6.40. The molecule has 9 heteroatoms. The average molecular weight is 524 g/mol. The summed E-state index contributed by atoms with van der Waals surface area (Å²) in [6.07, 6.45) is 1.38. The van der Waals surface area contributed by atoms with E-state index in [1.807, 2.05) is 88.3 Å². The molecule has 0 radical (unpaired) electrons. The van der Waals surface area contributed by atoms with Crippen molar-refractivity contribution in [3.63, 3.8) is 0 Å². The molecule has 1 N–H and O–H groups in total. The molecular weight excluding hydrogens is 494 g/mol. The molecule has 0 atom stereocenters. The van der Waals surface area contributed by atoms with E-state index in [2.05, 4.69) is 4.98 Å². The molecule has 39 heavy (non-hydrogen) atoms. The number of carbonyl (C=O) groups is 1. The fourth-order valence-electron chi connectivity index (χ4n) is 5.28. The number of nitrogens with zero attached hydrogens (tertiary/aromatic N) is 4. The summed E-state index contributed by atoms with van der Waals surface area (Å²) in [4.78, 5) is 31.4. The van der Waals surface area contributed by atoms with Crippen LogP contribution in [0.25, 0.3) is 28.0 Å². The van der Waals surface area contributed by atoms with Crippen LogP contribution < -0.4 is 15.2 Å². The van der Waals surface area contributed by atoms with Gasteiger partial charge in [0.1, 0.15) is 17.2 Å². The van der Waals surface area contributed by atoms with Gasteiger partial charge in [-0.2, -0.15) is 5.10 Å². The van der Waals surface area contributed by atoms with E-state index in [0.717, 1.165) is 33.8 Å². The number of nitrogens with one attached hydrogen (secondary N) is 1. The van der Waals surface area contributed by atoms with Crippen LogP contribution in [-0.2, 0) is 0 Å². The summed E-state index contributed by atoms with van der Waals surface area (Å²) < 4.78 is 14.1. The van der Waals surface area contributed by atoms with Crippen LogP contribution in [0.5, 0.6) is 11.5 Å². The molecule has 2 aromatic heterocycles. The van der Waals surface area contributed by atoms with Crippen molar-refractivity contribution in [2.75, 3.05) is 27.3 Å². The molecule has 5 aromatic rings. The Balaban J connectivity index is 1.29. The third-order valence-electron chi connectivity index (χ3n) is 7.37. The van der Waals surface area contributed by atoms with Crippen LogP contribution in [0, 0.1) is 0 Å². The van der Waals surface area contributed by atoms with E-state index < -0.39 is 0 Å². The minimum atomic E-state index is -0.109. The van der Waals surface area contributed by atoms with Gasteiger partial charge in [-0.15, -0.1) is 0 Å². The number of fused-ring (bicyclic) bond motifs is 1. The highest BCUT2D eigenvalue weighted by molar-refractivity contribution is 5.94. The van der Waals surface area contributed by atoms with Gasteiger partial charge in [0.2, 0.25) is 0 Å². The number of amides is 1. The minimum absolute atomic E-state index is 0.0269. The van der Waals surface area contributed by atoms with Crippen molar-refractivity contribution in [3.05, 3.63) is 95.0 Å². The SMILES string of the molecule is COc1ccc(-c2cc(C(=O)N3CCC(n4c(=O)[nH]c5ccccc54)CC3)n(-c3ccc(OC)cc3)n2)cc1. The molecule has 0 bridgehead atoms. The third-order valence-corrected chi connectivity index (χ3v) is 7.37. The van der Waals surface area contributed by atoms with Crippen molar-refractivity contribution in [2.45, 2.75) is 18.9 Å². The molecule has 0 unspecified atom stereocenters. The number of ether oxygens (including phenoxy) is 2. The summed E-state index contributed by atoms with van der Waals surface area (Å²) in [5.41, 5.74) is 4.44. The third kappa shape index (κ3) is 4.56. The van der Waals surface area contributed by atoms with Crippen LogP contribution >= 0.6 is 0 Å². The number of H-pyrrole nitrogens is 1. The summed E-state index contributed by atoms with van der Waals surface area (Å²) in [5.74, 6) is 1.38. The highest BCUT2D eigenvalue weighted by Gasteiger charge is 2.29. The maximum absolute atomic E-state index is 13.9. The first-order valence-electron chi connectivity index (χ1n) is 12.9. The van der Waals surface area contributed by atoms with Crippen molar-refractivity contribution in [2.24, 2.45) is 0 Å². The Morgan fingerprint density at radius 3 is 2.21 bits per heavy atom. The van der Waals surface area contributed by atoms with E-state index in [-0.39, 0.29) is 17.6 Å². The minimum Gasteiger partial charge on any atom is -0.497 e. The van der Waals surface area contributed by atoms with Crippen molar-refractivity contribution < 1.29 is 14.3 Å². The number of para-hydroxylation sites is 2. The smallest absolute Gasteiger partial charge is 0.326 e. The van der Waals surface area contributed by atoms with Crippen LogP contribution in [0.2, 0.25) is 0 Å². The first-order valence-corrected chi connectivity index (χ1v) is 12.9. The predicted octanol–water partition coefficient (Wildman–Crippen LogP) is 4.68. The van der Waals surface area contributed by atoms with Crippen molar-refractivity contribution in [1.29, 1.82) is 0 Å². The Morgan fingerprint density at radius 2 is 1.54 bits per heavy atom. The molecule has 1 aliphatic heterocycles. The van der Waals surface area contributed by atoms with E-state index in [4.69, 9.17) is 14.6 Å². The highest BCUT2D eigenvalue weighted by atomic mass is 16.5. The molecule has 3 aromatic carbocycles. The quantitative estimate of drug-likeness (QED) is 0.349. The fraction of sp³-hybridized carbons (Fsp3) is 0.233. The summed E-state index contributed by atoms with van der Waals surface area (Å²) >= 11 is 0. The second kappa shape index (κ2) is 10.2. The van der Waals surface area contributed by atoms with Crippen molar-refractivity contribution >= 4 is 16.9 Å². The zero-order valence-corrected chi connectivity index (χ0v) is 21.8. The number of aromatic amines is 1. The molecule has 198 valence electrons. The summed E-state index contributed by atoms with van der Waals surface area (Å²) in [7, 11) is 3.25. The molecule has 0 aliphatic carbocycles. The topological polar surface area (TPSA) is 94.4 Å². The standard InChI is InChI=1S/C30H29N5O4/c1-38-23-11-7-20(8-12-23)26-19-28(35(32-26)22-9-13-24(39-2)14-10-22)29(36)33-17-15-21(16-18-33)34-27-6-4-3-5-25(27)31-30(34)37/h3-14,19,21H,15-18H2,1-2H3,(H,31,37). The molecule has 3 heterocycles. The number of rotatable bonds is 6. The second-order valence-corrected chi connectivity index (χ2v) is 9.59. The monoisotopic (exact) mass is 523 g/mol. The lowest BCUT2D eigenvalue weighted by Gasteiger charge is -2.32. The molecule has 0 saturated carbocycles. The molecule has 0 spiro atoms. The lowest BCUT2D eigenvalue weighted by Crippen LogP contribution is -2.41. The number of hydrogen-bond donors (Lipinski definition) is 1. The molecule has 1 amide bonds. The van der Waals surface area contributed by atoms with Crippen LogP contribution in [0.1, 0.15) is 29.4 Å². The normalized spacial score (nSPS) is 14.1. The highest BCUT2D eigenvalue weighted by Crippen LogP contribution is 2.29. The zero-order valence-electron chi connectivity index (χ0n) is 21.8. The Morgan fingerprint density at radius 1 is 0.897 bits per heavy atom. The predicted molar refractivity (Wildman–Crippen MR) is 149 cm³/mol. The number of carbonyl (C=O) groups excluding carboxylic acids is 1. The van der Waals surface area contributed by atoms with Crippen molar-refractivity contribution in [1.82, 2.24) is 24.2 Å². The van der Waals surface area contributed by atoms with Crippen LogP contribution in [0.15, 0.2) is 83.7 Å². The van der Waals surface area contributed by atoms with Crippen LogP contribution in [-0.4, -0.2) is 57.4 Å². The number of methoxy groups -OCH3 is 2. The van der Waals surface area contributed by atoms with Gasteiger partial charge in [-0.05, 0) is 79.6 Å². The maximum atomic E-state index is 13.9. The first-order chi connectivity index (χ1) is 19.1.